The van der Waals surface area contributed by atoms with E-state index in [0.29, 0.717) is 17.4 Å². The van der Waals surface area contributed by atoms with E-state index in [4.69, 9.17) is 9.05 Å². The number of allylic oxidation sites excluding steroid dienone is 5. The van der Waals surface area contributed by atoms with Gasteiger partial charge < -0.3 is 19.8 Å². The summed E-state index contributed by atoms with van der Waals surface area (Å²) in [5.41, 5.74) is 0. The first-order chi connectivity index (χ1) is 34.5. The summed E-state index contributed by atoms with van der Waals surface area (Å²) in [7, 11) is 1.56. The summed E-state index contributed by atoms with van der Waals surface area (Å²) in [5, 5.41) is 13.9. The number of phosphoric ester groups is 1. The molecule has 0 radical (unpaired) electrons. The van der Waals surface area contributed by atoms with Crippen LogP contribution < -0.4 is 5.32 Å². The molecule has 0 aliphatic rings. The number of unbranched alkanes of at least 4 members (excludes halogenated alkanes) is 40. The van der Waals surface area contributed by atoms with Crippen molar-refractivity contribution in [2.45, 2.75) is 315 Å². The van der Waals surface area contributed by atoms with Gasteiger partial charge in [-0.1, -0.05) is 288 Å². The molecule has 0 rings (SSSR count). The quantitative estimate of drug-likeness (QED) is 0.0243. The number of aliphatic hydroxyl groups is 1. The third-order valence-electron chi connectivity index (χ3n) is 14.1. The van der Waals surface area contributed by atoms with Crippen LogP contribution in [0.3, 0.4) is 0 Å². The maximum absolute atomic E-state index is 13.0. The molecule has 0 spiro atoms. The number of carbonyl (C=O) groups is 1. The summed E-state index contributed by atoms with van der Waals surface area (Å²) in [5.74, 6) is -0.185. The fourth-order valence-electron chi connectivity index (χ4n) is 9.25. The number of nitrogens with zero attached hydrogens (tertiary/aromatic N) is 1. The van der Waals surface area contributed by atoms with E-state index in [9.17, 15) is 19.4 Å². The van der Waals surface area contributed by atoms with Gasteiger partial charge in [0.05, 0.1) is 39.9 Å². The van der Waals surface area contributed by atoms with Crippen LogP contribution in [0, 0.1) is 0 Å². The summed E-state index contributed by atoms with van der Waals surface area (Å²) >= 11 is 0. The van der Waals surface area contributed by atoms with Gasteiger partial charge in [0.1, 0.15) is 13.2 Å². The van der Waals surface area contributed by atoms with E-state index in [1.165, 1.54) is 238 Å². The predicted molar refractivity (Wildman–Crippen MR) is 309 cm³/mol. The first kappa shape index (κ1) is 69.7. The van der Waals surface area contributed by atoms with E-state index >= 15 is 0 Å². The molecule has 0 aliphatic carbocycles. The zero-order valence-electron chi connectivity index (χ0n) is 48.0. The van der Waals surface area contributed by atoms with Crippen molar-refractivity contribution in [1.29, 1.82) is 0 Å². The molecule has 0 aromatic carbocycles. The average molecular weight is 1020 g/mol. The Labute approximate surface area is 442 Å². The highest BCUT2D eigenvalue weighted by atomic mass is 31.2. The van der Waals surface area contributed by atoms with Gasteiger partial charge in [0, 0.05) is 6.42 Å². The number of likely N-dealkylation sites (N-methyl/N-ethyl adjacent to an activating group) is 1. The normalized spacial score (nSPS) is 14.1. The monoisotopic (exact) mass is 1020 g/mol. The molecule has 0 bridgehead atoms. The molecule has 0 fully saturated rings. The van der Waals surface area contributed by atoms with Crippen molar-refractivity contribution >= 4 is 13.7 Å². The molecule has 0 aromatic rings. The van der Waals surface area contributed by atoms with Crippen molar-refractivity contribution < 1.29 is 32.9 Å². The topological polar surface area (TPSA) is 105 Å². The van der Waals surface area contributed by atoms with E-state index < -0.39 is 20.0 Å². The fraction of sp³-hybridized carbons (Fsp3) is 0.887. The van der Waals surface area contributed by atoms with Crippen molar-refractivity contribution in [3.63, 3.8) is 0 Å². The van der Waals surface area contributed by atoms with Gasteiger partial charge in [-0.3, -0.25) is 13.8 Å². The molecule has 3 unspecified atom stereocenters. The number of quaternary nitrogens is 1. The van der Waals surface area contributed by atoms with Crippen molar-refractivity contribution in [1.82, 2.24) is 5.32 Å². The minimum absolute atomic E-state index is 0.0552. The number of amides is 1. The highest BCUT2D eigenvalue weighted by Gasteiger charge is 2.27. The Hall–Kier alpha value is -1.28. The number of aliphatic hydroxyl groups excluding tert-OH is 1. The lowest BCUT2D eigenvalue weighted by molar-refractivity contribution is -0.870. The number of carbonyl (C=O) groups excluding carboxylic acids is 1. The van der Waals surface area contributed by atoms with Crippen LogP contribution in [0.1, 0.15) is 303 Å². The number of phosphoric acid groups is 1. The molecular weight excluding hydrogens is 900 g/mol. The van der Waals surface area contributed by atoms with Crippen molar-refractivity contribution in [2.24, 2.45) is 0 Å². The molecule has 420 valence electrons. The number of nitrogens with one attached hydrogen (secondary N) is 1. The Kier molecular flexibility index (Phi) is 52.6. The molecule has 0 aliphatic heterocycles. The molecular formula is C62H122N2O6P+. The summed E-state index contributed by atoms with van der Waals surface area (Å²) in [4.78, 5) is 23.3. The molecule has 1 amide bonds. The van der Waals surface area contributed by atoms with Gasteiger partial charge in [-0.15, -0.1) is 0 Å². The second-order valence-electron chi connectivity index (χ2n) is 22.4. The lowest BCUT2D eigenvalue weighted by Crippen LogP contribution is -2.45. The Morgan fingerprint density at radius 2 is 0.775 bits per heavy atom. The Balaban J connectivity index is 4.20. The minimum Gasteiger partial charge on any atom is -0.387 e. The maximum Gasteiger partial charge on any atom is 0.472 e. The predicted octanol–water partition coefficient (Wildman–Crippen LogP) is 18.9. The third-order valence-corrected chi connectivity index (χ3v) is 15.1. The van der Waals surface area contributed by atoms with Crippen LogP contribution in [0.25, 0.3) is 0 Å². The van der Waals surface area contributed by atoms with Gasteiger partial charge in [0.15, 0.2) is 0 Å². The van der Waals surface area contributed by atoms with Gasteiger partial charge >= 0.3 is 7.82 Å². The largest absolute Gasteiger partial charge is 0.472 e. The summed E-state index contributed by atoms with van der Waals surface area (Å²) in [6, 6.07) is -0.868. The van der Waals surface area contributed by atoms with Gasteiger partial charge in [0.2, 0.25) is 5.91 Å². The van der Waals surface area contributed by atoms with Crippen LogP contribution in [0.5, 0.6) is 0 Å². The molecule has 0 heterocycles. The smallest absolute Gasteiger partial charge is 0.387 e. The van der Waals surface area contributed by atoms with E-state index in [0.717, 1.165) is 44.9 Å². The SMILES string of the molecule is CCCCCCCCCCCCCCCCCCCCC/C=C/CC/C=C/CC/C=C/C(O)C(COP(=O)(O)OCC[N+](C)(C)C)NC(=O)CCCCCCCCCCCCCCCCCCCCCC. The molecule has 8 nitrogen and oxygen atoms in total. The number of hydrogen-bond donors (Lipinski definition) is 3. The van der Waals surface area contributed by atoms with Gasteiger partial charge in [-0.2, -0.15) is 0 Å². The number of rotatable bonds is 57. The lowest BCUT2D eigenvalue weighted by atomic mass is 10.0. The minimum atomic E-state index is -4.36. The van der Waals surface area contributed by atoms with Crippen molar-refractivity contribution in [3.8, 4) is 0 Å². The molecule has 0 aromatic heterocycles. The second-order valence-corrected chi connectivity index (χ2v) is 23.9. The molecule has 0 saturated heterocycles. The summed E-state index contributed by atoms with van der Waals surface area (Å²) in [6.45, 7) is 4.83. The molecule has 3 atom stereocenters. The fourth-order valence-corrected chi connectivity index (χ4v) is 9.99. The Morgan fingerprint density at radius 1 is 0.465 bits per heavy atom. The van der Waals surface area contributed by atoms with Crippen LogP contribution in [0.4, 0.5) is 0 Å². The highest BCUT2D eigenvalue weighted by Crippen LogP contribution is 2.43. The van der Waals surface area contributed by atoms with Crippen molar-refractivity contribution in [2.75, 3.05) is 40.9 Å². The van der Waals surface area contributed by atoms with Gasteiger partial charge in [-0.25, -0.2) is 4.57 Å². The second kappa shape index (κ2) is 53.5. The van der Waals surface area contributed by atoms with E-state index in [2.05, 4.69) is 43.5 Å². The first-order valence-electron chi connectivity index (χ1n) is 30.9. The Bertz CT molecular complexity index is 1250. The standard InChI is InChI=1S/C62H121N2O6P/c1-6-8-10-12-14-16-18-20-22-24-26-28-29-30-31-32-33-34-35-36-37-39-41-43-45-47-49-51-53-55-61(65)60(59-70-71(67,68)69-58-57-64(3,4)5)63-62(66)56-54-52-50-48-46-44-42-40-38-27-25-23-21-19-17-15-13-11-9-7-2/h37,39,45,47,53,55,60-61,65H,6-36,38,40-44,46,48-52,54,56-59H2,1-5H3,(H-,63,66,67,68)/p+1/b39-37+,47-45+,55-53+. The average Bonchev–Trinajstić information content (AvgIpc) is 3.33. The van der Waals surface area contributed by atoms with Crippen LogP contribution in [0.2, 0.25) is 0 Å². The van der Waals surface area contributed by atoms with Crippen LogP contribution in [-0.4, -0.2) is 73.4 Å². The van der Waals surface area contributed by atoms with Gasteiger partial charge in [0.25, 0.3) is 0 Å². The van der Waals surface area contributed by atoms with Crippen molar-refractivity contribution in [3.05, 3.63) is 36.5 Å². The lowest BCUT2D eigenvalue weighted by Gasteiger charge is -2.25. The van der Waals surface area contributed by atoms with Crippen LogP contribution in [0.15, 0.2) is 36.5 Å². The van der Waals surface area contributed by atoms with Gasteiger partial charge in [-0.05, 0) is 44.9 Å². The Morgan fingerprint density at radius 3 is 1.13 bits per heavy atom. The highest BCUT2D eigenvalue weighted by molar-refractivity contribution is 7.47. The van der Waals surface area contributed by atoms with E-state index in [1.54, 1.807) is 6.08 Å². The summed E-state index contributed by atoms with van der Waals surface area (Å²) in [6.07, 6.45) is 69.8. The number of hydrogen-bond acceptors (Lipinski definition) is 5. The van der Waals surface area contributed by atoms with Crippen LogP contribution in [-0.2, 0) is 18.4 Å². The summed E-state index contributed by atoms with van der Waals surface area (Å²) < 4.78 is 23.7. The molecule has 9 heteroatoms. The zero-order chi connectivity index (χ0) is 52.0. The maximum atomic E-state index is 13.0. The molecule has 71 heavy (non-hydrogen) atoms. The molecule has 0 saturated carbocycles. The van der Waals surface area contributed by atoms with E-state index in [-0.39, 0.29) is 19.1 Å². The van der Waals surface area contributed by atoms with Crippen LogP contribution >= 0.6 is 7.82 Å². The zero-order valence-corrected chi connectivity index (χ0v) is 48.9. The third kappa shape index (κ3) is 56.3. The van der Waals surface area contributed by atoms with E-state index in [1.807, 2.05) is 27.2 Å². The first-order valence-corrected chi connectivity index (χ1v) is 32.4. The molecule has 3 N–H and O–H groups in total.